The van der Waals surface area contributed by atoms with Crippen molar-refractivity contribution in [2.45, 2.75) is 6.92 Å². The molecule has 0 radical (unpaired) electrons. The Bertz CT molecular complexity index is 323. The van der Waals surface area contributed by atoms with Gasteiger partial charge in [0, 0.05) is 2.85 Å². The van der Waals surface area contributed by atoms with Gasteiger partial charge in [-0.2, -0.15) is 0 Å². The molecule has 1 aliphatic heterocycles. The Labute approximate surface area is 68.9 Å². The van der Waals surface area contributed by atoms with Crippen LogP contribution in [0.25, 0.3) is 0 Å². The first-order chi connectivity index (χ1) is 5.27. The minimum Gasteiger partial charge on any atom is -0.341 e. The maximum Gasteiger partial charge on any atom is 0.100 e. The van der Waals surface area contributed by atoms with Gasteiger partial charge in [-0.15, -0.1) is 0 Å². The predicted octanol–water partition coefficient (Wildman–Crippen LogP) is 2.80. The van der Waals surface area contributed by atoms with Crippen molar-refractivity contribution >= 4 is 11.4 Å². The minimum atomic E-state index is 0. The van der Waals surface area contributed by atoms with Crippen LogP contribution in [-0.4, -0.2) is 0 Å². The lowest BCUT2D eigenvalue weighted by Crippen LogP contribution is -1.95. The van der Waals surface area contributed by atoms with Gasteiger partial charge in [0.05, 0.1) is 11.4 Å². The lowest BCUT2D eigenvalue weighted by molar-refractivity contribution is 1.46. The van der Waals surface area contributed by atoms with Crippen LogP contribution in [0.1, 0.15) is 8.42 Å². The van der Waals surface area contributed by atoms with Crippen molar-refractivity contribution in [3.8, 4) is 0 Å². The van der Waals surface area contributed by atoms with E-state index in [1.54, 1.807) is 0 Å². The molecule has 0 bridgehead atoms. The summed E-state index contributed by atoms with van der Waals surface area (Å²) in [5, 5.41) is 6.29. The number of nitrogens with one attached hydrogen (secondary N) is 2. The molecule has 1 aliphatic rings. The fraction of sp³-hybridized carbons (Fsp3) is 0.111. The average Bonchev–Trinajstić information content (AvgIpc) is 2.31. The molecule has 0 atom stereocenters. The third kappa shape index (κ3) is 0.871. The van der Waals surface area contributed by atoms with Crippen molar-refractivity contribution in [2.75, 3.05) is 10.6 Å². The Hall–Kier alpha value is -1.44. The monoisotopic (exact) mass is 150 g/mol. The summed E-state index contributed by atoms with van der Waals surface area (Å²) in [6.07, 6.45) is 0. The third-order valence-corrected chi connectivity index (χ3v) is 1.83. The van der Waals surface area contributed by atoms with E-state index in [4.69, 9.17) is 0 Å². The van der Waals surface area contributed by atoms with Crippen LogP contribution in [0, 0.1) is 6.92 Å². The molecule has 0 saturated carbocycles. The number of aryl methyl sites for hydroxylation is 1. The number of rotatable bonds is 0. The summed E-state index contributed by atoms with van der Waals surface area (Å²) in [5.74, 6) is 0.856. The molecule has 0 spiro atoms. The van der Waals surface area contributed by atoms with Gasteiger partial charge < -0.3 is 10.6 Å². The zero-order valence-electron chi connectivity index (χ0n) is 6.44. The molecule has 0 amide bonds. The Kier molecular flexibility index (Phi) is 1.15. The number of anilines is 2. The van der Waals surface area contributed by atoms with Crippen molar-refractivity contribution in [2.24, 2.45) is 0 Å². The van der Waals surface area contributed by atoms with Crippen molar-refractivity contribution < 1.29 is 2.85 Å². The summed E-state index contributed by atoms with van der Waals surface area (Å²) < 4.78 is 0. The highest BCUT2D eigenvalue weighted by Crippen LogP contribution is 2.32. The Balaban J connectivity index is 0.000000720. The van der Waals surface area contributed by atoms with Crippen LogP contribution >= 0.6 is 0 Å². The highest BCUT2D eigenvalue weighted by molar-refractivity contribution is 5.81. The molecule has 0 aromatic heterocycles. The van der Waals surface area contributed by atoms with Crippen molar-refractivity contribution in [1.82, 2.24) is 0 Å². The van der Waals surface area contributed by atoms with E-state index in [0.29, 0.717) is 0 Å². The van der Waals surface area contributed by atoms with E-state index in [2.05, 4.69) is 30.2 Å². The number of para-hydroxylation sites is 1. The van der Waals surface area contributed by atoms with E-state index >= 15 is 0 Å². The van der Waals surface area contributed by atoms with Gasteiger partial charge in [-0.1, -0.05) is 18.7 Å². The number of hydrogen-bond acceptors (Lipinski definition) is 2. The highest BCUT2D eigenvalue weighted by Gasteiger charge is 2.12. The van der Waals surface area contributed by atoms with Gasteiger partial charge in [0.15, 0.2) is 0 Å². The van der Waals surface area contributed by atoms with E-state index in [9.17, 15) is 0 Å². The van der Waals surface area contributed by atoms with Gasteiger partial charge in [0.25, 0.3) is 0 Å². The summed E-state index contributed by atoms with van der Waals surface area (Å²) in [4.78, 5) is 0. The first-order valence-corrected chi connectivity index (χ1v) is 3.60. The van der Waals surface area contributed by atoms with Crippen LogP contribution in [0.2, 0.25) is 0 Å². The fourth-order valence-corrected chi connectivity index (χ4v) is 1.28. The summed E-state index contributed by atoms with van der Waals surface area (Å²) in [6.45, 7) is 5.86. The van der Waals surface area contributed by atoms with Gasteiger partial charge in [-0.25, -0.2) is 0 Å². The van der Waals surface area contributed by atoms with E-state index in [0.717, 1.165) is 17.2 Å². The normalized spacial score (nSPS) is 13.7. The van der Waals surface area contributed by atoms with Crippen molar-refractivity contribution in [3.63, 3.8) is 0 Å². The molecule has 11 heavy (non-hydrogen) atoms. The van der Waals surface area contributed by atoms with Gasteiger partial charge in [-0.3, -0.25) is 0 Å². The molecule has 60 valence electrons. The summed E-state index contributed by atoms with van der Waals surface area (Å²) in [7, 11) is 0. The van der Waals surface area contributed by atoms with Gasteiger partial charge in [0.1, 0.15) is 5.82 Å². The Morgan fingerprint density at radius 2 is 2.18 bits per heavy atom. The second kappa shape index (κ2) is 2.02. The zero-order valence-corrected chi connectivity index (χ0v) is 6.44. The predicted molar refractivity (Wildman–Crippen MR) is 51.8 cm³/mol. The number of fused-ring (bicyclic) bond motifs is 1. The smallest absolute Gasteiger partial charge is 0.100 e. The largest absolute Gasteiger partial charge is 0.341 e. The molecule has 0 unspecified atom stereocenters. The van der Waals surface area contributed by atoms with Gasteiger partial charge >= 0.3 is 0 Å². The topological polar surface area (TPSA) is 24.1 Å². The Morgan fingerprint density at radius 3 is 2.91 bits per heavy atom. The maximum atomic E-state index is 3.79. The molecule has 1 heterocycles. The molecule has 2 nitrogen and oxygen atoms in total. The molecular weight excluding hydrogens is 136 g/mol. The average molecular weight is 150 g/mol. The first-order valence-electron chi connectivity index (χ1n) is 3.60. The molecule has 0 aliphatic carbocycles. The van der Waals surface area contributed by atoms with Crippen molar-refractivity contribution in [3.05, 3.63) is 36.2 Å². The van der Waals surface area contributed by atoms with Crippen LogP contribution in [0.15, 0.2) is 30.6 Å². The molecule has 0 saturated heterocycles. The highest BCUT2D eigenvalue weighted by atomic mass is 15.2. The maximum absolute atomic E-state index is 3.79. The zero-order chi connectivity index (χ0) is 7.84. The fourth-order valence-electron chi connectivity index (χ4n) is 1.28. The lowest BCUT2D eigenvalue weighted by Gasteiger charge is -1.99. The molecule has 2 N–H and O–H groups in total. The summed E-state index contributed by atoms with van der Waals surface area (Å²) in [6, 6.07) is 6.14. The molecular formula is C9H14N2. The number of benzene rings is 1. The van der Waals surface area contributed by atoms with Crippen LogP contribution in [-0.2, 0) is 0 Å². The molecule has 2 heteroatoms. The van der Waals surface area contributed by atoms with Crippen LogP contribution in [0.5, 0.6) is 0 Å². The van der Waals surface area contributed by atoms with Crippen LogP contribution in [0.4, 0.5) is 11.4 Å². The summed E-state index contributed by atoms with van der Waals surface area (Å²) in [5.41, 5.74) is 3.51. The summed E-state index contributed by atoms with van der Waals surface area (Å²) >= 11 is 0. The quantitative estimate of drug-likeness (QED) is 0.594. The van der Waals surface area contributed by atoms with E-state index in [1.807, 2.05) is 12.1 Å². The second-order valence-electron chi connectivity index (χ2n) is 2.73. The molecule has 1 aromatic rings. The lowest BCUT2D eigenvalue weighted by atomic mass is 10.2. The van der Waals surface area contributed by atoms with Gasteiger partial charge in [0.2, 0.25) is 0 Å². The van der Waals surface area contributed by atoms with E-state index in [-0.39, 0.29) is 2.85 Å². The standard InChI is InChI=1S/C9H10N2.2H2/c1-6-4-3-5-8-9(6)11-7(2)10-8;;/h3-5,10-11H,2H2,1H3;2*1H. The molecule has 1 aromatic carbocycles. The third-order valence-electron chi connectivity index (χ3n) is 1.83. The first kappa shape index (κ1) is 6.28. The Morgan fingerprint density at radius 1 is 1.36 bits per heavy atom. The van der Waals surface area contributed by atoms with E-state index in [1.165, 1.54) is 5.56 Å². The van der Waals surface area contributed by atoms with Crippen molar-refractivity contribution in [1.29, 1.82) is 0 Å². The SMILES string of the molecule is C=C1Nc2cccc(C)c2N1.[HH].[HH]. The minimum absolute atomic E-state index is 0. The second-order valence-corrected chi connectivity index (χ2v) is 2.73. The van der Waals surface area contributed by atoms with Crippen LogP contribution in [0.3, 0.4) is 0 Å². The van der Waals surface area contributed by atoms with E-state index < -0.39 is 0 Å². The molecule has 2 rings (SSSR count). The molecule has 0 fully saturated rings. The number of hydrogen-bond donors (Lipinski definition) is 2. The van der Waals surface area contributed by atoms with Crippen LogP contribution < -0.4 is 10.6 Å². The van der Waals surface area contributed by atoms with Gasteiger partial charge in [-0.05, 0) is 18.6 Å².